The molecule has 0 fully saturated rings. The smallest absolute Gasteiger partial charge is 0.121 e. The molecule has 0 aliphatic heterocycles. The van der Waals surface area contributed by atoms with Crippen molar-refractivity contribution in [1.82, 2.24) is 0 Å². The zero-order valence-corrected chi connectivity index (χ0v) is 19.7. The van der Waals surface area contributed by atoms with Crippen molar-refractivity contribution < 1.29 is 10.2 Å². The largest absolute Gasteiger partial charge is 0.507 e. The van der Waals surface area contributed by atoms with Crippen molar-refractivity contribution in [2.24, 2.45) is 0 Å². The van der Waals surface area contributed by atoms with Gasteiger partial charge in [0.15, 0.2) is 0 Å². The van der Waals surface area contributed by atoms with E-state index in [1.165, 1.54) is 11.1 Å². The summed E-state index contributed by atoms with van der Waals surface area (Å²) in [5.41, 5.74) is 6.64. The van der Waals surface area contributed by atoms with E-state index in [9.17, 15) is 10.2 Å². The lowest BCUT2D eigenvalue weighted by molar-refractivity contribution is 0.458. The van der Waals surface area contributed by atoms with Gasteiger partial charge < -0.3 is 10.2 Å². The number of aromatic hydroxyl groups is 2. The normalized spacial score (nSPS) is 11.2. The highest BCUT2D eigenvalue weighted by Gasteiger charge is 2.15. The lowest BCUT2D eigenvalue weighted by Gasteiger charge is -2.17. The van der Waals surface area contributed by atoms with E-state index >= 15 is 0 Å². The molecule has 0 atom stereocenters. The molecule has 2 rings (SSSR count). The van der Waals surface area contributed by atoms with Crippen molar-refractivity contribution in [1.29, 1.82) is 0 Å². The first kappa shape index (κ1) is 24.3. The lowest BCUT2D eigenvalue weighted by Crippen LogP contribution is -1.97. The number of aryl methyl sites for hydroxylation is 4. The van der Waals surface area contributed by atoms with Crippen LogP contribution in [0.5, 0.6) is 11.5 Å². The molecule has 30 heavy (non-hydrogen) atoms. The van der Waals surface area contributed by atoms with E-state index in [0.29, 0.717) is 11.5 Å². The lowest BCUT2D eigenvalue weighted by atomic mass is 9.90. The molecule has 166 valence electrons. The number of hydrogen-bond acceptors (Lipinski definition) is 2. The Kier molecular flexibility index (Phi) is 10.3. The number of phenols is 2. The van der Waals surface area contributed by atoms with Crippen molar-refractivity contribution in [2.75, 3.05) is 0 Å². The van der Waals surface area contributed by atoms with Gasteiger partial charge in [-0.3, -0.25) is 0 Å². The van der Waals surface area contributed by atoms with Crippen molar-refractivity contribution >= 4 is 0 Å². The number of phenolic OH excluding ortho intramolecular Hbond substituents is 2. The fourth-order valence-electron chi connectivity index (χ4n) is 4.08. The van der Waals surface area contributed by atoms with Crippen LogP contribution in [0.3, 0.4) is 0 Å². The van der Waals surface area contributed by atoms with Crippen LogP contribution in [-0.4, -0.2) is 10.2 Å². The Balaban J connectivity index is 2.55. The van der Waals surface area contributed by atoms with Crippen LogP contribution in [0, 0.1) is 0 Å². The third kappa shape index (κ3) is 6.52. The van der Waals surface area contributed by atoms with Crippen LogP contribution in [-0.2, 0) is 25.7 Å². The minimum Gasteiger partial charge on any atom is -0.507 e. The molecule has 0 radical (unpaired) electrons. The average molecular weight is 411 g/mol. The Bertz CT molecular complexity index is 666. The van der Waals surface area contributed by atoms with Crippen molar-refractivity contribution in [3.8, 4) is 22.6 Å². The quantitative estimate of drug-likeness (QED) is 0.350. The van der Waals surface area contributed by atoms with E-state index in [4.69, 9.17) is 0 Å². The first-order valence-electron chi connectivity index (χ1n) is 12.2. The monoisotopic (exact) mass is 410 g/mol. The molecule has 2 nitrogen and oxygen atoms in total. The second-order valence-corrected chi connectivity index (χ2v) is 8.70. The summed E-state index contributed by atoms with van der Waals surface area (Å²) >= 11 is 0. The Morgan fingerprint density at radius 3 is 0.900 bits per heavy atom. The zero-order valence-electron chi connectivity index (χ0n) is 19.7. The van der Waals surface area contributed by atoms with Crippen LogP contribution in [0.2, 0.25) is 0 Å². The molecule has 0 aromatic heterocycles. The summed E-state index contributed by atoms with van der Waals surface area (Å²) in [6.45, 7) is 8.77. The molecule has 0 bridgehead atoms. The number of rotatable bonds is 13. The minimum atomic E-state index is 0.497. The fourth-order valence-corrected chi connectivity index (χ4v) is 4.08. The summed E-state index contributed by atoms with van der Waals surface area (Å²) in [4.78, 5) is 0. The van der Waals surface area contributed by atoms with Gasteiger partial charge in [-0.25, -0.2) is 0 Å². The summed E-state index contributed by atoms with van der Waals surface area (Å²) in [6.07, 6.45) is 12.5. The maximum absolute atomic E-state index is 10.9. The summed E-state index contributed by atoms with van der Waals surface area (Å²) < 4.78 is 0. The van der Waals surface area contributed by atoms with Gasteiger partial charge in [0, 0.05) is 0 Å². The second-order valence-electron chi connectivity index (χ2n) is 8.70. The molecule has 2 aromatic rings. The van der Waals surface area contributed by atoms with Crippen LogP contribution >= 0.6 is 0 Å². The first-order valence-corrected chi connectivity index (χ1v) is 12.2. The van der Waals surface area contributed by atoms with Crippen LogP contribution in [0.15, 0.2) is 24.3 Å². The minimum absolute atomic E-state index is 0.497. The molecular formula is C28H42O2. The van der Waals surface area contributed by atoms with Crippen LogP contribution < -0.4 is 0 Å². The predicted molar refractivity (Wildman–Crippen MR) is 130 cm³/mol. The van der Waals surface area contributed by atoms with Gasteiger partial charge in [0.25, 0.3) is 0 Å². The van der Waals surface area contributed by atoms with Gasteiger partial charge in [-0.05, 0) is 109 Å². The molecule has 0 saturated carbocycles. The van der Waals surface area contributed by atoms with Crippen LogP contribution in [0.25, 0.3) is 11.1 Å². The maximum Gasteiger partial charge on any atom is 0.121 e. The van der Waals surface area contributed by atoms with Gasteiger partial charge in [0.1, 0.15) is 11.5 Å². The van der Waals surface area contributed by atoms with Gasteiger partial charge in [-0.2, -0.15) is 0 Å². The molecule has 0 spiro atoms. The van der Waals surface area contributed by atoms with Crippen molar-refractivity contribution in [3.63, 3.8) is 0 Å². The van der Waals surface area contributed by atoms with E-state index in [-0.39, 0.29) is 0 Å². The molecule has 0 aliphatic carbocycles. The molecule has 0 aliphatic rings. The predicted octanol–water partition coefficient (Wildman–Crippen LogP) is 8.14. The SMILES string of the molecule is CCCCc1cc(-c2cc(CCCC)c(O)c(CCCC)c2)cc(CCCC)c1O. The number of benzene rings is 2. The summed E-state index contributed by atoms with van der Waals surface area (Å²) in [5, 5.41) is 21.7. The van der Waals surface area contributed by atoms with E-state index in [0.717, 1.165) is 99.3 Å². The molecule has 2 aromatic carbocycles. The molecule has 0 heterocycles. The molecule has 2 N–H and O–H groups in total. The third-order valence-electron chi connectivity index (χ3n) is 6.07. The van der Waals surface area contributed by atoms with Gasteiger partial charge in [0.05, 0.1) is 0 Å². The molecule has 0 amide bonds. The molecule has 0 unspecified atom stereocenters. The highest BCUT2D eigenvalue weighted by molar-refractivity contribution is 5.70. The Morgan fingerprint density at radius 2 is 0.700 bits per heavy atom. The van der Waals surface area contributed by atoms with E-state index in [1.807, 2.05) is 0 Å². The highest BCUT2D eigenvalue weighted by atomic mass is 16.3. The molecule has 2 heteroatoms. The first-order chi connectivity index (χ1) is 14.5. The summed E-state index contributed by atoms with van der Waals surface area (Å²) in [7, 11) is 0. The van der Waals surface area contributed by atoms with Crippen molar-refractivity contribution in [3.05, 3.63) is 46.5 Å². The van der Waals surface area contributed by atoms with Crippen LogP contribution in [0.1, 0.15) is 101 Å². The Hall–Kier alpha value is -1.96. The maximum atomic E-state index is 10.9. The number of hydrogen-bond donors (Lipinski definition) is 2. The van der Waals surface area contributed by atoms with E-state index in [2.05, 4.69) is 52.0 Å². The third-order valence-corrected chi connectivity index (χ3v) is 6.07. The molecular weight excluding hydrogens is 368 g/mol. The van der Waals surface area contributed by atoms with Gasteiger partial charge in [0.2, 0.25) is 0 Å². The van der Waals surface area contributed by atoms with Crippen molar-refractivity contribution in [2.45, 2.75) is 105 Å². The molecule has 0 saturated heterocycles. The summed E-state index contributed by atoms with van der Waals surface area (Å²) in [5.74, 6) is 0.994. The summed E-state index contributed by atoms with van der Waals surface area (Å²) in [6, 6.07) is 8.72. The van der Waals surface area contributed by atoms with Gasteiger partial charge in [-0.1, -0.05) is 53.4 Å². The standard InChI is InChI=1S/C28H42O2/c1-5-9-13-21-17-25(18-22(27(21)29)14-10-6-2)26-19-23(15-11-7-3)28(30)24(20-26)16-12-8-4/h17-20,29-30H,5-16H2,1-4H3. The zero-order chi connectivity index (χ0) is 21.9. The van der Waals surface area contributed by atoms with Gasteiger partial charge >= 0.3 is 0 Å². The fraction of sp³-hybridized carbons (Fsp3) is 0.571. The van der Waals surface area contributed by atoms with Gasteiger partial charge in [-0.15, -0.1) is 0 Å². The second kappa shape index (κ2) is 12.7. The van der Waals surface area contributed by atoms with E-state index < -0.39 is 0 Å². The highest BCUT2D eigenvalue weighted by Crippen LogP contribution is 2.36. The topological polar surface area (TPSA) is 40.5 Å². The van der Waals surface area contributed by atoms with E-state index in [1.54, 1.807) is 0 Å². The average Bonchev–Trinajstić information content (AvgIpc) is 2.76. The Morgan fingerprint density at radius 1 is 0.467 bits per heavy atom. The Labute approximate surface area is 184 Å². The number of unbranched alkanes of at least 4 members (excludes halogenated alkanes) is 4. The van der Waals surface area contributed by atoms with Crippen LogP contribution in [0.4, 0.5) is 0 Å².